The molecule has 4 nitrogen and oxygen atoms in total. The van der Waals surface area contributed by atoms with Crippen molar-refractivity contribution in [3.63, 3.8) is 0 Å². The predicted molar refractivity (Wildman–Crippen MR) is 329 cm³/mol. The van der Waals surface area contributed by atoms with Gasteiger partial charge in [0.05, 0.1) is 22.1 Å². The molecule has 2 aliphatic rings. The Morgan fingerprint density at radius 1 is 0.303 bits per heavy atom. The van der Waals surface area contributed by atoms with E-state index in [1.54, 1.807) is 0 Å². The lowest BCUT2D eigenvalue weighted by Gasteiger charge is -2.45. The van der Waals surface area contributed by atoms with Crippen molar-refractivity contribution < 1.29 is 0 Å². The summed E-state index contributed by atoms with van der Waals surface area (Å²) in [6.45, 7) is 30.1. The lowest BCUT2D eigenvalue weighted by molar-refractivity contribution is 0.590. The number of aryl methyl sites for hydroxylation is 1. The summed E-state index contributed by atoms with van der Waals surface area (Å²) in [5.41, 5.74) is 24.8. The van der Waals surface area contributed by atoms with Crippen molar-refractivity contribution in [3.05, 3.63) is 210 Å². The average molecular weight is 989 g/mol. The number of rotatable bonds is 4. The van der Waals surface area contributed by atoms with Gasteiger partial charge in [-0.2, -0.15) is 0 Å². The molecule has 76 heavy (non-hydrogen) atoms. The summed E-state index contributed by atoms with van der Waals surface area (Å²) in [6, 6.07) is 70.2. The van der Waals surface area contributed by atoms with Gasteiger partial charge >= 0.3 is 0 Å². The van der Waals surface area contributed by atoms with E-state index in [1.807, 2.05) is 0 Å². The van der Waals surface area contributed by atoms with Crippen molar-refractivity contribution in [2.24, 2.45) is 0 Å². The normalized spacial score (nSPS) is 13.8. The lowest BCUT2D eigenvalue weighted by Crippen LogP contribution is -2.61. The molecule has 9 aromatic carbocycles. The van der Waals surface area contributed by atoms with Crippen LogP contribution in [0.2, 0.25) is 0 Å². The van der Waals surface area contributed by atoms with Crippen LogP contribution in [0.5, 0.6) is 0 Å². The molecule has 0 aliphatic carbocycles. The summed E-state index contributed by atoms with van der Waals surface area (Å²) in [7, 11) is 0. The fraction of sp³-hybridized carbons (Fsp3) is 0.239. The highest BCUT2D eigenvalue weighted by molar-refractivity contribution is 7.00. The molecule has 0 fully saturated rings. The van der Waals surface area contributed by atoms with Crippen molar-refractivity contribution in [2.45, 2.75) is 112 Å². The summed E-state index contributed by atoms with van der Waals surface area (Å²) in [5.74, 6) is 0. The first-order chi connectivity index (χ1) is 36.1. The van der Waals surface area contributed by atoms with Gasteiger partial charge in [-0.1, -0.05) is 156 Å². The Bertz CT molecular complexity index is 4150. The minimum Gasteiger partial charge on any atom is -0.311 e. The zero-order chi connectivity index (χ0) is 53.0. The van der Waals surface area contributed by atoms with Gasteiger partial charge in [-0.15, -0.1) is 0 Å². The standard InChI is InChI=1S/C71H69BN4/c1-44-36-65-67-66(37-44)76(52-31-35-61-55(41-52)53-38-46(69(5,6)7)26-32-59(53)73(61)49-20-16-14-17-21-49)64-42-56-54-39-47(70(8,9)10)27-33-60(54)74(50-22-18-15-19-23-50)63(56)43-58(64)72(67)57-40-48(71(11,12)13)28-34-62(57)75(65)51-29-24-45(25-30-51)68(2,3)4/h14-43H,1-13H3. The number of para-hydroxylation sites is 2. The van der Waals surface area contributed by atoms with E-state index in [0.717, 1.165) is 17.1 Å². The summed E-state index contributed by atoms with van der Waals surface area (Å²) < 4.78 is 4.97. The van der Waals surface area contributed by atoms with Gasteiger partial charge in [-0.3, -0.25) is 0 Å². The molecular formula is C71H69BN4. The molecule has 0 saturated carbocycles. The van der Waals surface area contributed by atoms with Crippen LogP contribution in [-0.2, 0) is 21.7 Å². The molecule has 0 unspecified atom stereocenters. The topological polar surface area (TPSA) is 16.3 Å². The lowest BCUT2D eigenvalue weighted by atomic mass is 9.33. The quantitative estimate of drug-likeness (QED) is 0.163. The van der Waals surface area contributed by atoms with E-state index < -0.39 is 0 Å². The molecule has 11 aromatic rings. The van der Waals surface area contributed by atoms with Gasteiger partial charge in [0.15, 0.2) is 0 Å². The van der Waals surface area contributed by atoms with Crippen LogP contribution in [0, 0.1) is 6.92 Å². The monoisotopic (exact) mass is 989 g/mol. The van der Waals surface area contributed by atoms with E-state index in [9.17, 15) is 0 Å². The maximum Gasteiger partial charge on any atom is 0.252 e. The molecule has 0 spiro atoms. The van der Waals surface area contributed by atoms with Crippen LogP contribution in [0.4, 0.5) is 34.1 Å². The van der Waals surface area contributed by atoms with Gasteiger partial charge in [-0.25, -0.2) is 0 Å². The number of nitrogens with zero attached hydrogens (tertiary/aromatic N) is 4. The molecular weight excluding hydrogens is 920 g/mol. The maximum atomic E-state index is 2.63. The molecule has 0 radical (unpaired) electrons. The van der Waals surface area contributed by atoms with Crippen molar-refractivity contribution in [2.75, 3.05) is 9.80 Å². The molecule has 13 rings (SSSR count). The van der Waals surface area contributed by atoms with Gasteiger partial charge in [0.25, 0.3) is 6.71 Å². The van der Waals surface area contributed by atoms with E-state index in [-0.39, 0.29) is 28.4 Å². The van der Waals surface area contributed by atoms with Crippen LogP contribution in [0.1, 0.15) is 111 Å². The highest BCUT2D eigenvalue weighted by Gasteiger charge is 2.45. The maximum absolute atomic E-state index is 2.63. The summed E-state index contributed by atoms with van der Waals surface area (Å²) >= 11 is 0. The van der Waals surface area contributed by atoms with Crippen LogP contribution in [0.15, 0.2) is 182 Å². The first-order valence-electron chi connectivity index (χ1n) is 27.5. The van der Waals surface area contributed by atoms with Crippen LogP contribution in [-0.4, -0.2) is 15.8 Å². The molecule has 0 bridgehead atoms. The van der Waals surface area contributed by atoms with Gasteiger partial charge in [0, 0.05) is 67.0 Å². The summed E-state index contributed by atoms with van der Waals surface area (Å²) in [5, 5.41) is 5.02. The molecule has 0 atom stereocenters. The van der Waals surface area contributed by atoms with Crippen molar-refractivity contribution in [1.82, 2.24) is 9.13 Å². The molecule has 2 aromatic heterocycles. The molecule has 2 aliphatic heterocycles. The molecule has 0 N–H and O–H groups in total. The minimum atomic E-state index is -0.0657. The van der Waals surface area contributed by atoms with Gasteiger partial charge in [-0.05, 0) is 182 Å². The molecule has 0 saturated heterocycles. The number of anilines is 6. The average Bonchev–Trinajstić information content (AvgIpc) is 3.88. The molecule has 4 heterocycles. The zero-order valence-corrected chi connectivity index (χ0v) is 46.7. The fourth-order valence-electron chi connectivity index (χ4n) is 12.6. The second-order valence-corrected chi connectivity index (χ2v) is 26.1. The zero-order valence-electron chi connectivity index (χ0n) is 46.7. The smallest absolute Gasteiger partial charge is 0.252 e. The number of hydrogen-bond donors (Lipinski definition) is 0. The Morgan fingerprint density at radius 2 is 0.711 bits per heavy atom. The van der Waals surface area contributed by atoms with Crippen LogP contribution in [0.25, 0.3) is 55.0 Å². The SMILES string of the molecule is Cc1cc2c3c(c1)N(c1ccc4c(c1)c1cc(C(C)(C)C)ccc1n4-c1ccccc1)c1cc4c5cc(C(C)(C)C)ccc5n(-c5ccccc5)c4cc1B3c1cc(C(C)(C)C)ccc1N2c1ccc(C(C)(C)C)cc1. The number of hydrogen-bond acceptors (Lipinski definition) is 2. The van der Waals surface area contributed by atoms with Crippen molar-refractivity contribution in [1.29, 1.82) is 0 Å². The van der Waals surface area contributed by atoms with Crippen LogP contribution < -0.4 is 26.2 Å². The third-order valence-electron chi connectivity index (χ3n) is 16.7. The molecule has 0 amide bonds. The van der Waals surface area contributed by atoms with E-state index in [4.69, 9.17) is 0 Å². The summed E-state index contributed by atoms with van der Waals surface area (Å²) in [4.78, 5) is 5.20. The molecule has 376 valence electrons. The largest absolute Gasteiger partial charge is 0.311 e. The predicted octanol–water partition coefficient (Wildman–Crippen LogP) is 17.5. The summed E-state index contributed by atoms with van der Waals surface area (Å²) in [6.07, 6.45) is 0. The Kier molecular flexibility index (Phi) is 10.5. The Morgan fingerprint density at radius 3 is 1.24 bits per heavy atom. The Hall–Kier alpha value is -7.76. The fourth-order valence-corrected chi connectivity index (χ4v) is 12.6. The third kappa shape index (κ3) is 7.47. The van der Waals surface area contributed by atoms with Crippen molar-refractivity contribution >= 4 is 101 Å². The number of fused-ring (bicyclic) bond motifs is 10. The van der Waals surface area contributed by atoms with Crippen LogP contribution >= 0.6 is 0 Å². The molecule has 5 heteroatoms. The van der Waals surface area contributed by atoms with E-state index in [1.165, 1.54) is 116 Å². The van der Waals surface area contributed by atoms with Crippen LogP contribution in [0.3, 0.4) is 0 Å². The minimum absolute atomic E-state index is 0.0202. The highest BCUT2D eigenvalue weighted by atomic mass is 15.2. The van der Waals surface area contributed by atoms with E-state index >= 15 is 0 Å². The number of benzene rings is 9. The van der Waals surface area contributed by atoms with E-state index in [2.05, 4.69) is 291 Å². The van der Waals surface area contributed by atoms with Gasteiger partial charge in [0.2, 0.25) is 0 Å². The third-order valence-corrected chi connectivity index (χ3v) is 16.7. The second kappa shape index (κ2) is 16.6. The Labute approximate surface area is 450 Å². The first-order valence-corrected chi connectivity index (χ1v) is 27.5. The Balaban J connectivity index is 1.17. The van der Waals surface area contributed by atoms with E-state index in [0.29, 0.717) is 0 Å². The van der Waals surface area contributed by atoms with Gasteiger partial charge in [0.1, 0.15) is 0 Å². The highest BCUT2D eigenvalue weighted by Crippen LogP contribution is 2.49. The van der Waals surface area contributed by atoms with Crippen molar-refractivity contribution in [3.8, 4) is 11.4 Å². The first kappa shape index (κ1) is 47.9. The number of aromatic nitrogens is 2. The van der Waals surface area contributed by atoms with Gasteiger partial charge < -0.3 is 18.9 Å². The second-order valence-electron chi connectivity index (χ2n) is 26.1.